The first kappa shape index (κ1) is 16.1. The number of anilines is 1. The third-order valence-corrected chi connectivity index (χ3v) is 5.05. The summed E-state index contributed by atoms with van der Waals surface area (Å²) in [6.07, 6.45) is 1.91. The fourth-order valence-electron chi connectivity index (χ4n) is 3.37. The summed E-state index contributed by atoms with van der Waals surface area (Å²) in [4.78, 5) is 17.7. The summed E-state index contributed by atoms with van der Waals surface area (Å²) in [5, 5.41) is 11.4. The van der Waals surface area contributed by atoms with E-state index in [-0.39, 0.29) is 16.5 Å². The number of oxazole rings is 1. The van der Waals surface area contributed by atoms with Crippen LogP contribution in [0.1, 0.15) is 24.7 Å². The summed E-state index contributed by atoms with van der Waals surface area (Å²) in [6.45, 7) is 1.45. The molecule has 25 heavy (non-hydrogen) atoms. The van der Waals surface area contributed by atoms with Crippen molar-refractivity contribution in [1.82, 2.24) is 4.98 Å². The van der Waals surface area contributed by atoms with E-state index in [9.17, 15) is 10.1 Å². The van der Waals surface area contributed by atoms with E-state index in [1.807, 2.05) is 30.3 Å². The summed E-state index contributed by atoms with van der Waals surface area (Å²) in [5.74, 6) is 0.843. The van der Waals surface area contributed by atoms with Crippen LogP contribution in [-0.4, -0.2) is 23.0 Å². The highest BCUT2D eigenvalue weighted by molar-refractivity contribution is 9.10. The number of nitro benzene ring substituents is 1. The molecule has 0 saturated carbocycles. The van der Waals surface area contributed by atoms with Gasteiger partial charge < -0.3 is 9.32 Å². The van der Waals surface area contributed by atoms with Crippen LogP contribution < -0.4 is 4.90 Å². The largest absolute Gasteiger partial charge is 0.440 e. The van der Waals surface area contributed by atoms with Gasteiger partial charge in [-0.05, 0) is 37.1 Å². The normalized spacial score (nSPS) is 17.8. The summed E-state index contributed by atoms with van der Waals surface area (Å²) < 4.78 is 6.61. The molecule has 4 rings (SSSR count). The van der Waals surface area contributed by atoms with Crippen molar-refractivity contribution in [2.24, 2.45) is 0 Å². The SMILES string of the molecule is O=[N+]([O-])c1cc(Br)ccc1N1CCCC(c2nc3ccccc3o2)C1. The molecule has 3 aromatic rings. The van der Waals surface area contributed by atoms with Crippen LogP contribution in [0.15, 0.2) is 51.4 Å². The molecule has 0 aliphatic carbocycles. The molecule has 0 amide bonds. The van der Waals surface area contributed by atoms with Crippen LogP contribution in [0.4, 0.5) is 11.4 Å². The first-order valence-electron chi connectivity index (χ1n) is 8.16. The standard InChI is InChI=1S/C18H16BrN3O3/c19-13-7-8-15(16(10-13)22(23)24)21-9-3-4-12(11-21)18-20-14-5-1-2-6-17(14)25-18/h1-2,5-8,10,12H,3-4,9,11H2. The number of aromatic nitrogens is 1. The lowest BCUT2D eigenvalue weighted by atomic mass is 9.97. The van der Waals surface area contributed by atoms with Gasteiger partial charge >= 0.3 is 0 Å². The van der Waals surface area contributed by atoms with Crippen molar-refractivity contribution in [3.05, 3.63) is 62.9 Å². The van der Waals surface area contributed by atoms with Crippen LogP contribution >= 0.6 is 15.9 Å². The van der Waals surface area contributed by atoms with Gasteiger partial charge in [-0.25, -0.2) is 4.98 Å². The summed E-state index contributed by atoms with van der Waals surface area (Å²) in [7, 11) is 0. The highest BCUT2D eigenvalue weighted by Crippen LogP contribution is 2.36. The van der Waals surface area contributed by atoms with Crippen molar-refractivity contribution in [2.75, 3.05) is 18.0 Å². The smallest absolute Gasteiger partial charge is 0.293 e. The van der Waals surface area contributed by atoms with Gasteiger partial charge in [-0.2, -0.15) is 0 Å². The molecular formula is C18H16BrN3O3. The van der Waals surface area contributed by atoms with E-state index < -0.39 is 0 Å². The number of nitrogens with zero attached hydrogens (tertiary/aromatic N) is 3. The van der Waals surface area contributed by atoms with Crippen LogP contribution in [0.25, 0.3) is 11.1 Å². The molecule has 6 nitrogen and oxygen atoms in total. The zero-order chi connectivity index (χ0) is 17.4. The first-order valence-corrected chi connectivity index (χ1v) is 8.95. The fraction of sp³-hybridized carbons (Fsp3) is 0.278. The van der Waals surface area contributed by atoms with Gasteiger partial charge in [0.05, 0.1) is 10.8 Å². The minimum atomic E-state index is -0.330. The average Bonchev–Trinajstić information content (AvgIpc) is 3.06. The zero-order valence-corrected chi connectivity index (χ0v) is 15.0. The molecule has 128 valence electrons. The lowest BCUT2D eigenvalue weighted by Crippen LogP contribution is -2.34. The number of para-hydroxylation sites is 2. The number of benzene rings is 2. The molecule has 1 aromatic heterocycles. The Morgan fingerprint density at radius 3 is 2.92 bits per heavy atom. The van der Waals surface area contributed by atoms with Crippen molar-refractivity contribution in [1.29, 1.82) is 0 Å². The van der Waals surface area contributed by atoms with Gasteiger partial charge in [-0.1, -0.05) is 28.1 Å². The van der Waals surface area contributed by atoms with Crippen molar-refractivity contribution < 1.29 is 9.34 Å². The van der Waals surface area contributed by atoms with E-state index in [1.165, 1.54) is 0 Å². The lowest BCUT2D eigenvalue weighted by Gasteiger charge is -2.32. The second kappa shape index (κ2) is 6.48. The second-order valence-corrected chi connectivity index (χ2v) is 7.11. The number of nitro groups is 1. The Kier molecular flexibility index (Phi) is 4.17. The van der Waals surface area contributed by atoms with Crippen LogP contribution in [0, 0.1) is 10.1 Å². The molecule has 2 aromatic carbocycles. The number of hydrogen-bond acceptors (Lipinski definition) is 5. The van der Waals surface area contributed by atoms with Crippen molar-refractivity contribution in [2.45, 2.75) is 18.8 Å². The van der Waals surface area contributed by atoms with E-state index in [1.54, 1.807) is 12.1 Å². The maximum absolute atomic E-state index is 11.4. The van der Waals surface area contributed by atoms with E-state index >= 15 is 0 Å². The van der Waals surface area contributed by atoms with Crippen molar-refractivity contribution >= 4 is 38.4 Å². The van der Waals surface area contributed by atoms with Crippen molar-refractivity contribution in [3.63, 3.8) is 0 Å². The summed E-state index contributed by atoms with van der Waals surface area (Å²) in [5.41, 5.74) is 2.40. The summed E-state index contributed by atoms with van der Waals surface area (Å²) in [6, 6.07) is 12.9. The lowest BCUT2D eigenvalue weighted by molar-refractivity contribution is -0.384. The van der Waals surface area contributed by atoms with Gasteiger partial charge in [-0.15, -0.1) is 0 Å². The minimum Gasteiger partial charge on any atom is -0.440 e. The maximum Gasteiger partial charge on any atom is 0.293 e. The van der Waals surface area contributed by atoms with Crippen molar-refractivity contribution in [3.8, 4) is 0 Å². The van der Waals surface area contributed by atoms with E-state index in [0.717, 1.165) is 30.5 Å². The topological polar surface area (TPSA) is 72.4 Å². The molecule has 0 spiro atoms. The molecule has 1 saturated heterocycles. The van der Waals surface area contributed by atoms with Gasteiger partial charge in [0.2, 0.25) is 0 Å². The number of hydrogen-bond donors (Lipinski definition) is 0. The molecule has 1 fully saturated rings. The van der Waals surface area contributed by atoms with Gasteiger partial charge in [0.15, 0.2) is 11.5 Å². The summed E-state index contributed by atoms with van der Waals surface area (Å²) >= 11 is 3.31. The van der Waals surface area contributed by atoms with Crippen LogP contribution in [0.2, 0.25) is 0 Å². The Labute approximate surface area is 152 Å². The van der Waals surface area contributed by atoms with Gasteiger partial charge in [0.1, 0.15) is 11.2 Å². The first-order chi connectivity index (χ1) is 12.1. The Hall–Kier alpha value is -2.41. The zero-order valence-electron chi connectivity index (χ0n) is 13.4. The highest BCUT2D eigenvalue weighted by Gasteiger charge is 2.29. The predicted octanol–water partition coefficient (Wildman–Crippen LogP) is 4.88. The van der Waals surface area contributed by atoms with E-state index in [2.05, 4.69) is 25.8 Å². The Morgan fingerprint density at radius 1 is 1.28 bits per heavy atom. The van der Waals surface area contributed by atoms with Crippen LogP contribution in [-0.2, 0) is 0 Å². The predicted molar refractivity (Wildman–Crippen MR) is 99.0 cm³/mol. The van der Waals surface area contributed by atoms with E-state index in [0.29, 0.717) is 22.6 Å². The molecule has 2 heterocycles. The average molecular weight is 402 g/mol. The van der Waals surface area contributed by atoms with Gasteiger partial charge in [-0.3, -0.25) is 10.1 Å². The number of fused-ring (bicyclic) bond motifs is 1. The highest BCUT2D eigenvalue weighted by atomic mass is 79.9. The molecular weight excluding hydrogens is 386 g/mol. The number of halogens is 1. The molecule has 1 aliphatic rings. The quantitative estimate of drug-likeness (QED) is 0.461. The Bertz CT molecular complexity index is 907. The fourth-order valence-corrected chi connectivity index (χ4v) is 3.72. The van der Waals surface area contributed by atoms with Gasteiger partial charge in [0, 0.05) is 23.6 Å². The third kappa shape index (κ3) is 3.11. The molecule has 1 unspecified atom stereocenters. The molecule has 1 aliphatic heterocycles. The Balaban J connectivity index is 1.64. The molecule has 0 N–H and O–H groups in total. The molecule has 7 heteroatoms. The third-order valence-electron chi connectivity index (χ3n) is 4.56. The van der Waals surface area contributed by atoms with Crippen LogP contribution in [0.5, 0.6) is 0 Å². The molecule has 0 radical (unpaired) electrons. The Morgan fingerprint density at radius 2 is 2.12 bits per heavy atom. The monoisotopic (exact) mass is 401 g/mol. The molecule has 1 atom stereocenters. The minimum absolute atomic E-state index is 0.118. The van der Waals surface area contributed by atoms with Crippen LogP contribution in [0.3, 0.4) is 0 Å². The second-order valence-electron chi connectivity index (χ2n) is 6.20. The molecule has 0 bridgehead atoms. The van der Waals surface area contributed by atoms with E-state index in [4.69, 9.17) is 4.42 Å². The number of rotatable bonds is 3. The van der Waals surface area contributed by atoms with Gasteiger partial charge in [0.25, 0.3) is 5.69 Å². The number of piperidine rings is 1. The maximum atomic E-state index is 11.4.